The van der Waals surface area contributed by atoms with Gasteiger partial charge in [-0.2, -0.15) is 0 Å². The van der Waals surface area contributed by atoms with E-state index >= 15 is 0 Å². The molecule has 0 aliphatic heterocycles. The number of rotatable bonds is 8. The van der Waals surface area contributed by atoms with Crippen LogP contribution in [0, 0.1) is 0 Å². The first-order valence-electron chi connectivity index (χ1n) is 23.2. The van der Waals surface area contributed by atoms with Crippen LogP contribution in [0.25, 0.3) is 71.6 Å². The van der Waals surface area contributed by atoms with Crippen LogP contribution in [0.1, 0.15) is 22.3 Å². The average molecular weight is 853 g/mol. The molecule has 1 heterocycles. The minimum absolute atomic E-state index is 0.481. The van der Waals surface area contributed by atoms with Crippen molar-refractivity contribution >= 4 is 49.6 Å². The van der Waals surface area contributed by atoms with E-state index in [1.54, 1.807) is 0 Å². The molecule has 1 aromatic heterocycles. The third-order valence-corrected chi connectivity index (χ3v) is 14.1. The van der Waals surface area contributed by atoms with Gasteiger partial charge in [0.25, 0.3) is 0 Å². The Bertz CT molecular complexity index is 3730. The Balaban J connectivity index is 0.864. The Kier molecular flexibility index (Phi) is 9.11. The number of nitrogens with zero attached hydrogens (tertiary/aromatic N) is 2. The van der Waals surface area contributed by atoms with Crippen LogP contribution in [0.15, 0.2) is 267 Å². The second kappa shape index (κ2) is 15.8. The lowest BCUT2D eigenvalue weighted by atomic mass is 9.67. The number of benzene rings is 11. The molecule has 2 nitrogen and oxygen atoms in total. The zero-order valence-corrected chi connectivity index (χ0v) is 36.8. The molecule has 11 aromatic carbocycles. The number of hydrogen-bond donors (Lipinski definition) is 0. The molecule has 1 aliphatic carbocycles. The molecule has 12 aromatic rings. The van der Waals surface area contributed by atoms with Crippen molar-refractivity contribution in [3.63, 3.8) is 0 Å². The molecule has 0 radical (unpaired) electrons. The van der Waals surface area contributed by atoms with Gasteiger partial charge in [0.15, 0.2) is 0 Å². The van der Waals surface area contributed by atoms with Crippen LogP contribution < -0.4 is 4.90 Å². The van der Waals surface area contributed by atoms with E-state index in [1.807, 2.05) is 0 Å². The SMILES string of the molecule is c1ccc(N(c2ccc(-c3ccc(-c4ccc5c(c4)c4ccccc4n5-c4cccc5ccccc45)cc3)cc2)c2ccc3c(c2)C(c2ccccc2)(c2ccccc2)c2ccccc2-3)cc1. The molecule has 2 heteroatoms. The minimum Gasteiger partial charge on any atom is -0.310 e. The van der Waals surface area contributed by atoms with Crippen molar-refractivity contribution < 1.29 is 0 Å². The van der Waals surface area contributed by atoms with Crippen molar-refractivity contribution in [1.82, 2.24) is 4.57 Å². The summed E-state index contributed by atoms with van der Waals surface area (Å²) in [5.41, 5.74) is 18.9. The van der Waals surface area contributed by atoms with Gasteiger partial charge < -0.3 is 9.47 Å². The minimum atomic E-state index is -0.481. The maximum Gasteiger partial charge on any atom is 0.0714 e. The highest BCUT2D eigenvalue weighted by Crippen LogP contribution is 2.57. The highest BCUT2D eigenvalue weighted by atomic mass is 15.1. The molecule has 0 amide bonds. The van der Waals surface area contributed by atoms with Crippen molar-refractivity contribution in [3.05, 3.63) is 289 Å². The van der Waals surface area contributed by atoms with Crippen LogP contribution in [-0.2, 0) is 5.41 Å². The van der Waals surface area contributed by atoms with Gasteiger partial charge in [0.1, 0.15) is 0 Å². The van der Waals surface area contributed by atoms with Crippen LogP contribution in [-0.4, -0.2) is 4.57 Å². The molecule has 0 spiro atoms. The maximum atomic E-state index is 2.44. The highest BCUT2D eigenvalue weighted by Gasteiger charge is 2.46. The van der Waals surface area contributed by atoms with E-state index in [4.69, 9.17) is 0 Å². The van der Waals surface area contributed by atoms with Gasteiger partial charge in [-0.15, -0.1) is 0 Å². The topological polar surface area (TPSA) is 8.17 Å². The molecule has 0 saturated carbocycles. The predicted octanol–water partition coefficient (Wildman–Crippen LogP) is 17.1. The second-order valence-electron chi connectivity index (χ2n) is 17.6. The molecule has 0 saturated heterocycles. The van der Waals surface area contributed by atoms with Gasteiger partial charge in [0, 0.05) is 33.2 Å². The Morgan fingerprint density at radius 3 is 1.54 bits per heavy atom. The largest absolute Gasteiger partial charge is 0.310 e. The Morgan fingerprint density at radius 1 is 0.299 bits per heavy atom. The summed E-state index contributed by atoms with van der Waals surface area (Å²) in [6.45, 7) is 0. The first-order chi connectivity index (χ1) is 33.2. The lowest BCUT2D eigenvalue weighted by Crippen LogP contribution is -2.28. The molecule has 13 rings (SSSR count). The summed E-state index contributed by atoms with van der Waals surface area (Å²) in [4.78, 5) is 2.39. The second-order valence-corrected chi connectivity index (χ2v) is 17.6. The Labute approximate surface area is 390 Å². The van der Waals surface area contributed by atoms with Gasteiger partial charge in [-0.1, -0.05) is 206 Å². The third kappa shape index (κ3) is 6.18. The van der Waals surface area contributed by atoms with Crippen molar-refractivity contribution in [2.45, 2.75) is 5.41 Å². The Morgan fingerprint density at radius 2 is 0.806 bits per heavy atom. The normalized spacial score (nSPS) is 12.6. The van der Waals surface area contributed by atoms with Crippen molar-refractivity contribution in [3.8, 4) is 39.1 Å². The van der Waals surface area contributed by atoms with Crippen LogP contribution in [0.5, 0.6) is 0 Å². The van der Waals surface area contributed by atoms with Gasteiger partial charge in [-0.25, -0.2) is 0 Å². The molecule has 0 unspecified atom stereocenters. The lowest BCUT2D eigenvalue weighted by molar-refractivity contribution is 0.768. The summed E-state index contributed by atoms with van der Waals surface area (Å²) in [5.74, 6) is 0. The van der Waals surface area contributed by atoms with Gasteiger partial charge in [-0.3, -0.25) is 0 Å². The molecule has 0 bridgehead atoms. The van der Waals surface area contributed by atoms with Crippen LogP contribution in [0.3, 0.4) is 0 Å². The maximum absolute atomic E-state index is 2.44. The van der Waals surface area contributed by atoms with E-state index in [-0.39, 0.29) is 0 Å². The van der Waals surface area contributed by atoms with E-state index in [2.05, 4.69) is 276 Å². The predicted molar refractivity (Wildman–Crippen MR) is 281 cm³/mol. The average Bonchev–Trinajstić information content (AvgIpc) is 3.90. The van der Waals surface area contributed by atoms with Gasteiger partial charge in [0.05, 0.1) is 22.1 Å². The fraction of sp³-hybridized carbons (Fsp3) is 0.0154. The number of fused-ring (bicyclic) bond motifs is 7. The zero-order valence-electron chi connectivity index (χ0n) is 36.8. The van der Waals surface area contributed by atoms with Gasteiger partial charge in [-0.05, 0) is 122 Å². The van der Waals surface area contributed by atoms with E-state index in [9.17, 15) is 0 Å². The molecular formula is C65H44N2. The first-order valence-corrected chi connectivity index (χ1v) is 23.2. The summed E-state index contributed by atoms with van der Waals surface area (Å²) in [6, 6.07) is 97.9. The summed E-state index contributed by atoms with van der Waals surface area (Å²) in [6.07, 6.45) is 0. The fourth-order valence-corrected chi connectivity index (χ4v) is 11.1. The van der Waals surface area contributed by atoms with Crippen molar-refractivity contribution in [2.75, 3.05) is 4.90 Å². The summed E-state index contributed by atoms with van der Waals surface area (Å²) < 4.78 is 2.43. The molecule has 0 fully saturated rings. The lowest BCUT2D eigenvalue weighted by Gasteiger charge is -2.35. The van der Waals surface area contributed by atoms with Crippen LogP contribution in [0.2, 0.25) is 0 Å². The molecule has 0 N–H and O–H groups in total. The smallest absolute Gasteiger partial charge is 0.0714 e. The Hall–Kier alpha value is -8.72. The van der Waals surface area contributed by atoms with Gasteiger partial charge >= 0.3 is 0 Å². The quantitative estimate of drug-likeness (QED) is 0.148. The zero-order chi connectivity index (χ0) is 44.3. The van der Waals surface area contributed by atoms with Crippen molar-refractivity contribution in [2.24, 2.45) is 0 Å². The summed E-state index contributed by atoms with van der Waals surface area (Å²) in [7, 11) is 0. The molecule has 314 valence electrons. The number of anilines is 3. The summed E-state index contributed by atoms with van der Waals surface area (Å²) in [5, 5.41) is 5.00. The first kappa shape index (κ1) is 38.7. The van der Waals surface area contributed by atoms with E-state index in [0.717, 1.165) is 17.1 Å². The molecule has 67 heavy (non-hydrogen) atoms. The van der Waals surface area contributed by atoms with Crippen LogP contribution >= 0.6 is 0 Å². The summed E-state index contributed by atoms with van der Waals surface area (Å²) >= 11 is 0. The fourth-order valence-electron chi connectivity index (χ4n) is 11.1. The number of para-hydroxylation sites is 2. The van der Waals surface area contributed by atoms with Crippen LogP contribution in [0.4, 0.5) is 17.1 Å². The number of aromatic nitrogens is 1. The van der Waals surface area contributed by atoms with E-state index in [0.29, 0.717) is 0 Å². The highest BCUT2D eigenvalue weighted by molar-refractivity contribution is 6.11. The molecule has 0 atom stereocenters. The monoisotopic (exact) mass is 852 g/mol. The standard InChI is InChI=1S/C65H44N2/c1-4-19-50(20-5-1)65(51-21-6-2-7-22-51)60-28-14-12-26-56(60)57-41-40-54(44-61(57)65)66(52-23-8-3-9-24-52)53-38-35-46(36-39-53)45-31-33-47(34-32-45)49-37-42-64-59(43-49)58-27-13-15-29-63(58)67(64)62-30-16-18-48-17-10-11-25-55(48)62/h1-44H. The van der Waals surface area contributed by atoms with E-state index in [1.165, 1.54) is 93.9 Å². The van der Waals surface area contributed by atoms with E-state index < -0.39 is 5.41 Å². The van der Waals surface area contributed by atoms with Crippen molar-refractivity contribution in [1.29, 1.82) is 0 Å². The third-order valence-electron chi connectivity index (χ3n) is 14.1. The molecule has 1 aliphatic rings. The molecular weight excluding hydrogens is 809 g/mol. The van der Waals surface area contributed by atoms with Gasteiger partial charge in [0.2, 0.25) is 0 Å². The number of hydrogen-bond acceptors (Lipinski definition) is 1.